The summed E-state index contributed by atoms with van der Waals surface area (Å²) in [6.07, 6.45) is 0. The van der Waals surface area contributed by atoms with Gasteiger partial charge in [0.15, 0.2) is 0 Å². The molecule has 0 aromatic heterocycles. The fraction of sp³-hybridized carbons (Fsp3) is 0.118. The first-order chi connectivity index (χ1) is 10.5. The predicted molar refractivity (Wildman–Crippen MR) is 82.0 cm³/mol. The molecule has 0 saturated carbocycles. The number of carbonyl (C=O) groups is 3. The van der Waals surface area contributed by atoms with Gasteiger partial charge in [-0.15, -0.1) is 0 Å². The van der Waals surface area contributed by atoms with Crippen molar-refractivity contribution in [1.82, 2.24) is 4.90 Å². The van der Waals surface area contributed by atoms with Crippen molar-refractivity contribution >= 4 is 23.4 Å². The first-order valence-electron chi connectivity index (χ1n) is 6.80. The number of hydrogen-bond donors (Lipinski definition) is 0. The van der Waals surface area contributed by atoms with Gasteiger partial charge in [0, 0.05) is 19.7 Å². The first kappa shape index (κ1) is 14.0. The standard InChI is InChI=1S/C17H14N2O3/c1-18(2)15(20)11-7-9-12(10-8-11)19-16(21)13-5-3-4-6-14(13)17(19)22/h3-10H,1-2H3. The average Bonchev–Trinajstić information content (AvgIpc) is 2.79. The minimum atomic E-state index is -0.340. The second-order valence-corrected chi connectivity index (χ2v) is 5.24. The van der Waals surface area contributed by atoms with Gasteiger partial charge in [-0.25, -0.2) is 4.90 Å². The van der Waals surface area contributed by atoms with Gasteiger partial charge in [0.05, 0.1) is 16.8 Å². The fourth-order valence-electron chi connectivity index (χ4n) is 2.44. The minimum Gasteiger partial charge on any atom is -0.345 e. The molecule has 0 radical (unpaired) electrons. The van der Waals surface area contributed by atoms with Crippen LogP contribution in [0.15, 0.2) is 48.5 Å². The van der Waals surface area contributed by atoms with Crippen LogP contribution in [-0.2, 0) is 0 Å². The molecular formula is C17H14N2O3. The Morgan fingerprint density at radius 1 is 0.864 bits per heavy atom. The number of carbonyl (C=O) groups excluding carboxylic acids is 3. The topological polar surface area (TPSA) is 57.7 Å². The summed E-state index contributed by atoms with van der Waals surface area (Å²) in [5.74, 6) is -0.812. The van der Waals surface area contributed by atoms with Crippen molar-refractivity contribution in [3.63, 3.8) is 0 Å². The molecule has 3 rings (SSSR count). The Hall–Kier alpha value is -2.95. The van der Waals surface area contributed by atoms with E-state index in [0.29, 0.717) is 22.4 Å². The molecule has 0 fully saturated rings. The third kappa shape index (κ3) is 2.07. The second-order valence-electron chi connectivity index (χ2n) is 5.24. The summed E-state index contributed by atoms with van der Waals surface area (Å²) >= 11 is 0. The van der Waals surface area contributed by atoms with E-state index in [2.05, 4.69) is 0 Å². The summed E-state index contributed by atoms with van der Waals surface area (Å²) in [5.41, 5.74) is 1.77. The molecule has 1 aliphatic rings. The van der Waals surface area contributed by atoms with Crippen molar-refractivity contribution in [3.05, 3.63) is 65.2 Å². The van der Waals surface area contributed by atoms with Crippen LogP contribution >= 0.6 is 0 Å². The van der Waals surface area contributed by atoms with Gasteiger partial charge < -0.3 is 4.90 Å². The van der Waals surface area contributed by atoms with Crippen molar-refractivity contribution in [1.29, 1.82) is 0 Å². The second kappa shape index (κ2) is 5.11. The van der Waals surface area contributed by atoms with E-state index in [1.54, 1.807) is 62.6 Å². The molecule has 110 valence electrons. The molecule has 1 aliphatic heterocycles. The Labute approximate surface area is 127 Å². The van der Waals surface area contributed by atoms with E-state index in [4.69, 9.17) is 0 Å². The molecule has 0 bridgehead atoms. The Morgan fingerprint density at radius 2 is 1.36 bits per heavy atom. The van der Waals surface area contributed by atoms with E-state index in [-0.39, 0.29) is 17.7 Å². The largest absolute Gasteiger partial charge is 0.345 e. The van der Waals surface area contributed by atoms with E-state index in [1.807, 2.05) is 0 Å². The maximum absolute atomic E-state index is 12.4. The number of anilines is 1. The van der Waals surface area contributed by atoms with Crippen LogP contribution in [0.2, 0.25) is 0 Å². The smallest absolute Gasteiger partial charge is 0.266 e. The molecule has 0 N–H and O–H groups in total. The summed E-state index contributed by atoms with van der Waals surface area (Å²) in [7, 11) is 3.33. The molecule has 0 spiro atoms. The number of rotatable bonds is 2. The van der Waals surface area contributed by atoms with E-state index in [9.17, 15) is 14.4 Å². The van der Waals surface area contributed by atoms with Gasteiger partial charge in [-0.1, -0.05) is 12.1 Å². The zero-order valence-electron chi connectivity index (χ0n) is 12.2. The molecule has 5 heteroatoms. The maximum Gasteiger partial charge on any atom is 0.266 e. The van der Waals surface area contributed by atoms with Crippen LogP contribution in [0.1, 0.15) is 31.1 Å². The monoisotopic (exact) mass is 294 g/mol. The summed E-state index contributed by atoms with van der Waals surface area (Å²) in [6.45, 7) is 0. The Balaban J connectivity index is 1.95. The Morgan fingerprint density at radius 3 is 1.82 bits per heavy atom. The molecule has 0 atom stereocenters. The first-order valence-corrected chi connectivity index (χ1v) is 6.80. The summed E-state index contributed by atoms with van der Waals surface area (Å²) in [6, 6.07) is 13.2. The van der Waals surface area contributed by atoms with Gasteiger partial charge >= 0.3 is 0 Å². The Bertz CT molecular complexity index is 744. The highest BCUT2D eigenvalue weighted by Crippen LogP contribution is 2.28. The van der Waals surface area contributed by atoms with Gasteiger partial charge in [0.1, 0.15) is 0 Å². The summed E-state index contributed by atoms with van der Waals surface area (Å²) in [4.78, 5) is 39.2. The third-order valence-corrected chi connectivity index (χ3v) is 3.57. The lowest BCUT2D eigenvalue weighted by atomic mass is 10.1. The quantitative estimate of drug-likeness (QED) is 0.798. The highest BCUT2D eigenvalue weighted by Gasteiger charge is 2.36. The number of hydrogen-bond acceptors (Lipinski definition) is 3. The molecule has 5 nitrogen and oxygen atoms in total. The van der Waals surface area contributed by atoms with Crippen molar-refractivity contribution in [3.8, 4) is 0 Å². The van der Waals surface area contributed by atoms with Gasteiger partial charge in [-0.3, -0.25) is 14.4 Å². The van der Waals surface area contributed by atoms with E-state index in [1.165, 1.54) is 4.90 Å². The molecule has 1 heterocycles. The van der Waals surface area contributed by atoms with Crippen molar-refractivity contribution in [2.24, 2.45) is 0 Å². The van der Waals surface area contributed by atoms with Gasteiger partial charge in [0.2, 0.25) is 0 Å². The summed E-state index contributed by atoms with van der Waals surface area (Å²) in [5, 5.41) is 0. The predicted octanol–water partition coefficient (Wildman–Crippen LogP) is 2.19. The minimum absolute atomic E-state index is 0.131. The van der Waals surface area contributed by atoms with Crippen LogP contribution in [0.25, 0.3) is 0 Å². The number of fused-ring (bicyclic) bond motifs is 1. The molecule has 22 heavy (non-hydrogen) atoms. The third-order valence-electron chi connectivity index (χ3n) is 3.57. The molecule has 2 aromatic carbocycles. The van der Waals surface area contributed by atoms with Crippen molar-refractivity contribution in [2.45, 2.75) is 0 Å². The van der Waals surface area contributed by atoms with E-state index in [0.717, 1.165) is 4.90 Å². The van der Waals surface area contributed by atoms with Crippen LogP contribution in [-0.4, -0.2) is 36.7 Å². The lowest BCUT2D eigenvalue weighted by Gasteiger charge is -2.15. The summed E-state index contributed by atoms with van der Waals surface area (Å²) < 4.78 is 0. The fourth-order valence-corrected chi connectivity index (χ4v) is 2.44. The van der Waals surface area contributed by atoms with Crippen LogP contribution in [0.3, 0.4) is 0 Å². The molecular weight excluding hydrogens is 280 g/mol. The lowest BCUT2D eigenvalue weighted by Crippen LogP contribution is -2.29. The number of imide groups is 1. The number of nitrogens with zero attached hydrogens (tertiary/aromatic N) is 2. The van der Waals surface area contributed by atoms with Crippen molar-refractivity contribution in [2.75, 3.05) is 19.0 Å². The van der Waals surface area contributed by atoms with Gasteiger partial charge in [-0.05, 0) is 36.4 Å². The zero-order chi connectivity index (χ0) is 15.9. The molecule has 2 aromatic rings. The Kier molecular flexibility index (Phi) is 3.25. The lowest BCUT2D eigenvalue weighted by molar-refractivity contribution is 0.0827. The van der Waals surface area contributed by atoms with Crippen LogP contribution in [0.5, 0.6) is 0 Å². The van der Waals surface area contributed by atoms with Gasteiger partial charge in [-0.2, -0.15) is 0 Å². The highest BCUT2D eigenvalue weighted by molar-refractivity contribution is 6.34. The number of amides is 3. The molecule has 3 amide bonds. The maximum atomic E-state index is 12.4. The van der Waals surface area contributed by atoms with Crippen LogP contribution < -0.4 is 4.90 Å². The van der Waals surface area contributed by atoms with Crippen molar-refractivity contribution < 1.29 is 14.4 Å². The average molecular weight is 294 g/mol. The van der Waals surface area contributed by atoms with Gasteiger partial charge in [0.25, 0.3) is 17.7 Å². The highest BCUT2D eigenvalue weighted by atomic mass is 16.2. The normalized spacial score (nSPS) is 13.3. The SMILES string of the molecule is CN(C)C(=O)c1ccc(N2C(=O)c3ccccc3C2=O)cc1. The van der Waals surface area contributed by atoms with E-state index < -0.39 is 0 Å². The zero-order valence-corrected chi connectivity index (χ0v) is 12.2. The molecule has 0 aliphatic carbocycles. The van der Waals surface area contributed by atoms with Crippen LogP contribution in [0, 0.1) is 0 Å². The molecule has 0 unspecified atom stereocenters. The number of benzene rings is 2. The molecule has 0 saturated heterocycles. The van der Waals surface area contributed by atoms with E-state index >= 15 is 0 Å². The van der Waals surface area contributed by atoms with Crippen LogP contribution in [0.4, 0.5) is 5.69 Å².